The van der Waals surface area contributed by atoms with Gasteiger partial charge in [-0.15, -0.1) is 0 Å². The number of hydrogen-bond donors (Lipinski definition) is 3. The Balaban J connectivity index is 6.99. The number of hydrogen-bond acceptors (Lipinski definition) is 3. The van der Waals surface area contributed by atoms with Crippen molar-refractivity contribution in [2.75, 3.05) is 39.9 Å². The summed E-state index contributed by atoms with van der Waals surface area (Å²) in [6.07, 6.45) is -14.5. The van der Waals surface area contributed by atoms with Crippen LogP contribution in [0.15, 0.2) is 0 Å². The zero-order chi connectivity index (χ0) is 37.8. The average Bonchev–Trinajstić information content (AvgIpc) is 2.81. The van der Waals surface area contributed by atoms with E-state index in [1.165, 1.54) is 0 Å². The molecule has 0 aliphatic heterocycles. The molecule has 0 amide bonds. The minimum atomic E-state index is -9.47. The van der Waals surface area contributed by atoms with Gasteiger partial charge in [0.15, 0.2) is 0 Å². The lowest BCUT2D eigenvalue weighted by atomic mass is 9.84. The fourth-order valence-corrected chi connectivity index (χ4v) is 3.56. The van der Waals surface area contributed by atoms with E-state index in [0.717, 1.165) is 7.05 Å². The van der Waals surface area contributed by atoms with E-state index >= 15 is 0 Å². The maximum Gasteiger partial charge on any atom is 0.460 e. The predicted molar refractivity (Wildman–Crippen MR) is 101 cm³/mol. The Kier molecular flexibility index (Phi) is 11.8. The molecule has 1 atom stereocenters. The molecule has 0 saturated carbocycles. The highest BCUT2D eigenvalue weighted by Crippen LogP contribution is 2.67. The lowest BCUT2D eigenvalue weighted by Gasteiger charge is -2.45. The molecule has 0 heterocycles. The number of aliphatic hydroxyl groups is 3. The highest BCUT2D eigenvalue weighted by molar-refractivity contribution is 5.19. The van der Waals surface area contributed by atoms with Crippen molar-refractivity contribution in [3.63, 3.8) is 0 Å². The number of nitrogens with zero attached hydrogens (tertiary/aromatic N) is 1. The molecule has 0 aliphatic carbocycles. The smallest absolute Gasteiger partial charge is 0.391 e. The van der Waals surface area contributed by atoms with Crippen molar-refractivity contribution in [3.8, 4) is 0 Å². The first-order valence-electron chi connectivity index (χ1n) is 11.3. The SMILES string of the molecule is C[N+](CCO)(CCO)CC(O)CC(F)(F)C(F)(F)C(F)(F)C(F)(F)C(F)(F)C(F)(F)C(F)(F)C(F)(F)C(F)(F)C(F)(F)C(F)(F)F. The van der Waals surface area contributed by atoms with Gasteiger partial charge in [0.1, 0.15) is 25.7 Å². The molecule has 0 fully saturated rings. The maximum atomic E-state index is 14.1. The third kappa shape index (κ3) is 6.36. The first-order chi connectivity index (χ1) is 19.7. The van der Waals surface area contributed by atoms with Gasteiger partial charge in [-0.3, -0.25) is 0 Å². The number of quaternary nitrogens is 1. The molecule has 0 rings (SSSR count). The minimum absolute atomic E-state index is 0.651. The second-order valence-electron chi connectivity index (χ2n) is 9.93. The molecule has 0 aromatic carbocycles. The van der Waals surface area contributed by atoms with Gasteiger partial charge in [-0.1, -0.05) is 0 Å². The quantitative estimate of drug-likeness (QED) is 0.125. The Hall–Kier alpha value is -1.77. The normalized spacial score (nSPS) is 17.0. The van der Waals surface area contributed by atoms with Crippen LogP contribution in [0, 0.1) is 0 Å². The van der Waals surface area contributed by atoms with Gasteiger partial charge in [0.25, 0.3) is 0 Å². The number of halogens is 23. The number of aliphatic hydroxyl groups excluding tert-OH is 3. The summed E-state index contributed by atoms with van der Waals surface area (Å²) in [4.78, 5) is 0. The second-order valence-corrected chi connectivity index (χ2v) is 9.93. The van der Waals surface area contributed by atoms with Crippen LogP contribution in [0.2, 0.25) is 0 Å². The topological polar surface area (TPSA) is 60.7 Å². The fraction of sp³-hybridized carbons (Fsp3) is 1.00. The first-order valence-corrected chi connectivity index (χ1v) is 11.3. The Morgan fingerprint density at radius 3 is 0.913 bits per heavy atom. The molecular weight excluding hydrogens is 727 g/mol. The third-order valence-electron chi connectivity index (χ3n) is 6.39. The van der Waals surface area contributed by atoms with Gasteiger partial charge in [-0.2, -0.15) is 101 Å². The van der Waals surface area contributed by atoms with E-state index in [-0.39, 0.29) is 0 Å². The molecule has 46 heavy (non-hydrogen) atoms. The molecule has 27 heteroatoms. The summed E-state index contributed by atoms with van der Waals surface area (Å²) in [7, 11) is 0.849. The minimum Gasteiger partial charge on any atom is -0.391 e. The van der Waals surface area contributed by atoms with Crippen LogP contribution in [0.4, 0.5) is 101 Å². The molecule has 3 N–H and O–H groups in total. The zero-order valence-electron chi connectivity index (χ0n) is 21.8. The highest BCUT2D eigenvalue weighted by Gasteiger charge is 2.98. The van der Waals surface area contributed by atoms with E-state index in [0.29, 0.717) is 0 Å². The van der Waals surface area contributed by atoms with E-state index in [2.05, 4.69) is 0 Å². The van der Waals surface area contributed by atoms with Gasteiger partial charge >= 0.3 is 65.4 Å². The van der Waals surface area contributed by atoms with Crippen molar-refractivity contribution in [1.29, 1.82) is 0 Å². The molecule has 0 aliphatic rings. The van der Waals surface area contributed by atoms with Crippen molar-refractivity contribution in [1.82, 2.24) is 0 Å². The van der Waals surface area contributed by atoms with Gasteiger partial charge in [0, 0.05) is 6.42 Å². The van der Waals surface area contributed by atoms with E-state index in [4.69, 9.17) is 10.2 Å². The number of rotatable bonds is 17. The van der Waals surface area contributed by atoms with E-state index in [9.17, 15) is 106 Å². The largest absolute Gasteiger partial charge is 0.460 e. The molecule has 0 bridgehead atoms. The van der Waals surface area contributed by atoms with Gasteiger partial charge in [0.05, 0.1) is 20.3 Å². The molecule has 278 valence electrons. The molecule has 0 radical (unpaired) electrons. The van der Waals surface area contributed by atoms with Crippen LogP contribution < -0.4 is 0 Å². The summed E-state index contributed by atoms with van der Waals surface area (Å²) in [5.41, 5.74) is 0. The summed E-state index contributed by atoms with van der Waals surface area (Å²) in [5, 5.41) is 27.4. The molecule has 0 spiro atoms. The molecule has 4 nitrogen and oxygen atoms in total. The summed E-state index contributed by atoms with van der Waals surface area (Å²) in [6, 6.07) is 0. The van der Waals surface area contributed by atoms with Gasteiger partial charge < -0.3 is 19.8 Å². The average molecular weight is 746 g/mol. The van der Waals surface area contributed by atoms with Crippen LogP contribution >= 0.6 is 0 Å². The lowest BCUT2D eigenvalue weighted by molar-refractivity contribution is -0.913. The Bertz CT molecular complexity index is 1030. The van der Waals surface area contributed by atoms with Crippen LogP contribution in [-0.2, 0) is 0 Å². The van der Waals surface area contributed by atoms with Crippen LogP contribution in [0.1, 0.15) is 6.42 Å². The lowest BCUT2D eigenvalue weighted by Crippen LogP contribution is -2.77. The molecule has 0 saturated heterocycles. The monoisotopic (exact) mass is 746 g/mol. The fourth-order valence-electron chi connectivity index (χ4n) is 3.56. The summed E-state index contributed by atoms with van der Waals surface area (Å²) in [5.74, 6) is -88.6. The van der Waals surface area contributed by atoms with E-state index < -0.39 is 115 Å². The first kappa shape index (κ1) is 44.2. The predicted octanol–water partition coefficient (Wildman–Crippen LogP) is 6.08. The van der Waals surface area contributed by atoms with Gasteiger partial charge in [0.2, 0.25) is 0 Å². The Labute approximate surface area is 239 Å². The summed E-state index contributed by atoms with van der Waals surface area (Å²) >= 11 is 0. The number of alkyl halides is 23. The van der Waals surface area contributed by atoms with Crippen molar-refractivity contribution in [2.24, 2.45) is 0 Å². The van der Waals surface area contributed by atoms with Crippen molar-refractivity contribution in [3.05, 3.63) is 0 Å². The maximum absolute atomic E-state index is 14.1. The van der Waals surface area contributed by atoms with Crippen molar-refractivity contribution >= 4 is 0 Å². The highest BCUT2D eigenvalue weighted by atomic mass is 19.4. The Morgan fingerprint density at radius 1 is 0.435 bits per heavy atom. The van der Waals surface area contributed by atoms with Gasteiger partial charge in [-0.05, 0) is 0 Å². The number of likely N-dealkylation sites (N-methyl/N-ethyl adjacent to an activating group) is 1. The van der Waals surface area contributed by atoms with Crippen LogP contribution in [0.25, 0.3) is 0 Å². The van der Waals surface area contributed by atoms with Crippen LogP contribution in [0.5, 0.6) is 0 Å². The molecule has 0 aromatic rings. The van der Waals surface area contributed by atoms with E-state index in [1.54, 1.807) is 0 Å². The summed E-state index contributed by atoms with van der Waals surface area (Å²) in [6.45, 7) is -4.54. The molecule has 1 unspecified atom stereocenters. The van der Waals surface area contributed by atoms with Crippen LogP contribution in [-0.4, -0.2) is 131 Å². The zero-order valence-corrected chi connectivity index (χ0v) is 21.8. The van der Waals surface area contributed by atoms with E-state index in [1.807, 2.05) is 0 Å². The van der Waals surface area contributed by atoms with Crippen molar-refractivity contribution < 1.29 is 121 Å². The Morgan fingerprint density at radius 2 is 0.674 bits per heavy atom. The third-order valence-corrected chi connectivity index (χ3v) is 6.39. The summed E-state index contributed by atoms with van der Waals surface area (Å²) < 4.78 is 309. The molecule has 0 aromatic heterocycles. The second kappa shape index (κ2) is 12.3. The van der Waals surface area contributed by atoms with Crippen LogP contribution in [0.3, 0.4) is 0 Å². The van der Waals surface area contributed by atoms with Gasteiger partial charge in [-0.25, -0.2) is 0 Å². The standard InChI is InChI=1S/C19H19F23NO3/c1-43(2-4-44,3-5-45)7-8(46)6-9(20,21)10(22,23)11(24,25)12(26,27)13(28,29)14(30,31)15(32,33)16(34,35)17(36,37)18(38,39)19(40,41)42/h8,44-46H,2-7H2,1H3/q+1. The van der Waals surface area contributed by atoms with Crippen molar-refractivity contribution in [2.45, 2.75) is 77.9 Å². The molecular formula is C19H19F23NO3+.